The third-order valence-corrected chi connectivity index (χ3v) is 1.35. The van der Waals surface area contributed by atoms with Gasteiger partial charge in [0.05, 0.1) is 0 Å². The molecule has 0 aliphatic heterocycles. The van der Waals surface area contributed by atoms with Crippen molar-refractivity contribution in [2.75, 3.05) is 6.54 Å². The third kappa shape index (κ3) is 5.59. The van der Waals surface area contributed by atoms with Crippen LogP contribution < -0.4 is 0 Å². The van der Waals surface area contributed by atoms with Crippen LogP contribution in [0.15, 0.2) is 28.8 Å². The first-order valence-electron chi connectivity index (χ1n) is 4.16. The maximum Gasteiger partial charge on any atom is 0.0361 e. The molecule has 0 amide bonds. The van der Waals surface area contributed by atoms with Crippen LogP contribution >= 0.6 is 0 Å². The second-order valence-corrected chi connectivity index (χ2v) is 2.25. The molecular formula is C10H17N. The molecule has 0 saturated heterocycles. The lowest BCUT2D eigenvalue weighted by Gasteiger charge is -1.91. The van der Waals surface area contributed by atoms with Crippen molar-refractivity contribution >= 4 is 6.21 Å². The summed E-state index contributed by atoms with van der Waals surface area (Å²) in [6.45, 7) is 7.06. The number of nitrogens with zero attached hydrogens (tertiary/aromatic N) is 1. The smallest absolute Gasteiger partial charge is 0.0361 e. The van der Waals surface area contributed by atoms with E-state index >= 15 is 0 Å². The Morgan fingerprint density at radius 3 is 2.55 bits per heavy atom. The van der Waals surface area contributed by atoms with Crippen LogP contribution in [-0.4, -0.2) is 12.8 Å². The molecule has 0 aromatic heterocycles. The van der Waals surface area contributed by atoms with Gasteiger partial charge in [0, 0.05) is 12.8 Å². The second kappa shape index (κ2) is 7.26. The summed E-state index contributed by atoms with van der Waals surface area (Å²) in [5, 5.41) is 0. The van der Waals surface area contributed by atoms with E-state index in [1.807, 2.05) is 32.2 Å². The lowest BCUT2D eigenvalue weighted by molar-refractivity contribution is 1.12. The maximum absolute atomic E-state index is 4.17. The van der Waals surface area contributed by atoms with Gasteiger partial charge in [0.1, 0.15) is 0 Å². The predicted octanol–water partition coefficient (Wildman–Crippen LogP) is 2.99. The van der Waals surface area contributed by atoms with Crippen molar-refractivity contribution in [3.63, 3.8) is 0 Å². The molecule has 0 aliphatic carbocycles. The van der Waals surface area contributed by atoms with Gasteiger partial charge in [0.2, 0.25) is 0 Å². The fourth-order valence-electron chi connectivity index (χ4n) is 0.681. The molecule has 0 saturated carbocycles. The average molecular weight is 151 g/mol. The normalized spacial score (nSPS) is 13.5. The molecular weight excluding hydrogens is 134 g/mol. The van der Waals surface area contributed by atoms with E-state index in [0.29, 0.717) is 0 Å². The minimum absolute atomic E-state index is 0.868. The molecule has 0 heterocycles. The van der Waals surface area contributed by atoms with Gasteiger partial charge in [-0.2, -0.15) is 0 Å². The van der Waals surface area contributed by atoms with Crippen LogP contribution in [0.4, 0.5) is 0 Å². The highest BCUT2D eigenvalue weighted by atomic mass is 14.7. The minimum Gasteiger partial charge on any atom is -0.293 e. The van der Waals surface area contributed by atoms with Crippen molar-refractivity contribution in [3.8, 4) is 0 Å². The van der Waals surface area contributed by atoms with Gasteiger partial charge in [-0.25, -0.2) is 0 Å². The van der Waals surface area contributed by atoms with E-state index in [9.17, 15) is 0 Å². The molecule has 0 aromatic rings. The van der Waals surface area contributed by atoms with E-state index in [0.717, 1.165) is 13.0 Å². The zero-order valence-electron chi connectivity index (χ0n) is 7.67. The fraction of sp³-hybridized carbons (Fsp3) is 0.500. The summed E-state index contributed by atoms with van der Waals surface area (Å²) in [6, 6.07) is 0. The number of allylic oxidation sites excluding steroid dienone is 4. The topological polar surface area (TPSA) is 12.4 Å². The van der Waals surface area contributed by atoms with Gasteiger partial charge >= 0.3 is 0 Å². The largest absolute Gasteiger partial charge is 0.293 e. The predicted molar refractivity (Wildman–Crippen MR) is 52.2 cm³/mol. The van der Waals surface area contributed by atoms with E-state index in [-0.39, 0.29) is 0 Å². The fourth-order valence-corrected chi connectivity index (χ4v) is 0.681. The van der Waals surface area contributed by atoms with Gasteiger partial charge in [-0.05, 0) is 25.8 Å². The average Bonchev–Trinajstić information content (AvgIpc) is 2.05. The first-order chi connectivity index (χ1) is 5.35. The van der Waals surface area contributed by atoms with E-state index in [1.54, 1.807) is 0 Å². The van der Waals surface area contributed by atoms with Crippen molar-refractivity contribution in [3.05, 3.63) is 23.8 Å². The zero-order chi connectivity index (χ0) is 8.53. The summed E-state index contributed by atoms with van der Waals surface area (Å²) in [7, 11) is 0. The summed E-state index contributed by atoms with van der Waals surface area (Å²) in [5.41, 5.74) is 1.28. The van der Waals surface area contributed by atoms with Gasteiger partial charge in [-0.1, -0.05) is 25.2 Å². The lowest BCUT2D eigenvalue weighted by atomic mass is 10.2. The van der Waals surface area contributed by atoms with E-state index in [1.165, 1.54) is 5.57 Å². The molecule has 11 heavy (non-hydrogen) atoms. The van der Waals surface area contributed by atoms with Crippen LogP contribution in [-0.2, 0) is 0 Å². The summed E-state index contributed by atoms with van der Waals surface area (Å²) in [6.07, 6.45) is 9.16. The molecule has 0 fully saturated rings. The molecule has 62 valence electrons. The Morgan fingerprint density at radius 1 is 1.36 bits per heavy atom. The molecule has 0 rings (SSSR count). The molecule has 0 aromatic carbocycles. The quantitative estimate of drug-likeness (QED) is 0.432. The number of hydrogen-bond acceptors (Lipinski definition) is 1. The Kier molecular flexibility index (Phi) is 6.70. The van der Waals surface area contributed by atoms with E-state index in [2.05, 4.69) is 18.0 Å². The van der Waals surface area contributed by atoms with Gasteiger partial charge in [-0.3, -0.25) is 4.99 Å². The Balaban J connectivity index is 4.04. The highest BCUT2D eigenvalue weighted by molar-refractivity contribution is 5.78. The van der Waals surface area contributed by atoms with Crippen LogP contribution in [0.3, 0.4) is 0 Å². The summed E-state index contributed by atoms with van der Waals surface area (Å²) < 4.78 is 0. The third-order valence-electron chi connectivity index (χ3n) is 1.35. The first-order valence-corrected chi connectivity index (χ1v) is 4.16. The lowest BCUT2D eigenvalue weighted by Crippen LogP contribution is -1.82. The Morgan fingerprint density at radius 2 is 2.09 bits per heavy atom. The molecule has 0 N–H and O–H groups in total. The first kappa shape index (κ1) is 10.2. The molecule has 1 heteroatoms. The SMILES string of the molecule is C/C=C\C=C(\C=NCC)CC. The van der Waals surface area contributed by atoms with E-state index < -0.39 is 0 Å². The highest BCUT2D eigenvalue weighted by Gasteiger charge is 1.83. The number of rotatable bonds is 4. The van der Waals surface area contributed by atoms with E-state index in [4.69, 9.17) is 0 Å². The highest BCUT2D eigenvalue weighted by Crippen LogP contribution is 1.96. The summed E-state index contributed by atoms with van der Waals surface area (Å²) in [5.74, 6) is 0. The second-order valence-electron chi connectivity index (χ2n) is 2.25. The molecule has 0 atom stereocenters. The Labute approximate surface area is 69.5 Å². The number of hydrogen-bond donors (Lipinski definition) is 0. The molecule has 0 spiro atoms. The van der Waals surface area contributed by atoms with Crippen molar-refractivity contribution in [2.24, 2.45) is 4.99 Å². The van der Waals surface area contributed by atoms with Crippen LogP contribution in [0.2, 0.25) is 0 Å². The standard InChI is InChI=1S/C10H17N/c1-4-7-8-10(5-2)9-11-6-3/h4,7-9H,5-6H2,1-3H3/b7-4-,10-8+,11-9?. The van der Waals surface area contributed by atoms with Gasteiger partial charge in [-0.15, -0.1) is 0 Å². The van der Waals surface area contributed by atoms with Crippen molar-refractivity contribution < 1.29 is 0 Å². The molecule has 0 radical (unpaired) electrons. The van der Waals surface area contributed by atoms with Gasteiger partial charge in [0.25, 0.3) is 0 Å². The molecule has 0 bridgehead atoms. The van der Waals surface area contributed by atoms with Crippen LogP contribution in [0.5, 0.6) is 0 Å². The van der Waals surface area contributed by atoms with Crippen LogP contribution in [0.1, 0.15) is 27.2 Å². The summed E-state index contributed by atoms with van der Waals surface area (Å²) >= 11 is 0. The Hall–Kier alpha value is -0.850. The molecule has 0 aliphatic rings. The monoisotopic (exact) mass is 151 g/mol. The van der Waals surface area contributed by atoms with Crippen LogP contribution in [0, 0.1) is 0 Å². The molecule has 0 unspecified atom stereocenters. The Bertz CT molecular complexity index is 164. The van der Waals surface area contributed by atoms with Crippen molar-refractivity contribution in [1.29, 1.82) is 0 Å². The number of aliphatic imine (C=N–C) groups is 1. The zero-order valence-corrected chi connectivity index (χ0v) is 7.67. The van der Waals surface area contributed by atoms with Gasteiger partial charge < -0.3 is 0 Å². The maximum atomic E-state index is 4.17. The van der Waals surface area contributed by atoms with Crippen molar-refractivity contribution in [1.82, 2.24) is 0 Å². The van der Waals surface area contributed by atoms with Gasteiger partial charge in [0.15, 0.2) is 0 Å². The minimum atomic E-state index is 0.868. The van der Waals surface area contributed by atoms with Crippen molar-refractivity contribution in [2.45, 2.75) is 27.2 Å². The summed E-state index contributed by atoms with van der Waals surface area (Å²) in [4.78, 5) is 4.17. The van der Waals surface area contributed by atoms with Crippen LogP contribution in [0.25, 0.3) is 0 Å². The molecule has 1 nitrogen and oxygen atoms in total.